The predicted octanol–water partition coefficient (Wildman–Crippen LogP) is 1.60. The van der Waals surface area contributed by atoms with Crippen LogP contribution in [0.5, 0.6) is 11.6 Å². The Morgan fingerprint density at radius 1 is 1.38 bits per heavy atom. The van der Waals surface area contributed by atoms with Gasteiger partial charge in [0.1, 0.15) is 10.8 Å². The Hall–Kier alpha value is -1.92. The van der Waals surface area contributed by atoms with Crippen LogP contribution in [0.15, 0.2) is 30.7 Å². The first-order chi connectivity index (χ1) is 7.79. The number of pyridine rings is 1. The molecule has 7 heteroatoms. The van der Waals surface area contributed by atoms with Gasteiger partial charge in [0, 0.05) is 6.20 Å². The van der Waals surface area contributed by atoms with Crippen molar-refractivity contribution in [1.82, 2.24) is 15.0 Å². The van der Waals surface area contributed by atoms with Gasteiger partial charge in [-0.1, -0.05) is 11.6 Å². The third-order valence-electron chi connectivity index (χ3n) is 1.69. The van der Waals surface area contributed by atoms with Gasteiger partial charge in [-0.2, -0.15) is 4.98 Å². The number of rotatable bonds is 3. The molecule has 2 heterocycles. The van der Waals surface area contributed by atoms with E-state index < -0.39 is 0 Å². The molecule has 2 rings (SSSR count). The zero-order valence-corrected chi connectivity index (χ0v) is 8.85. The van der Waals surface area contributed by atoms with E-state index >= 15 is 0 Å². The molecule has 0 unspecified atom stereocenters. The second-order valence-electron chi connectivity index (χ2n) is 2.78. The Morgan fingerprint density at radius 3 is 2.94 bits per heavy atom. The number of hydrogen-bond donors (Lipinski definition) is 2. The van der Waals surface area contributed by atoms with Crippen LogP contribution < -0.4 is 16.0 Å². The predicted molar refractivity (Wildman–Crippen MR) is 59.2 cm³/mol. The van der Waals surface area contributed by atoms with Crippen molar-refractivity contribution in [3.63, 3.8) is 0 Å². The standard InChI is InChI=1S/C9H8ClN5O/c10-7-5-13-9(15-11)14-8(7)16-6-2-1-3-12-4-6/h1-5H,11H2,(H,13,14,15). The highest BCUT2D eigenvalue weighted by atomic mass is 35.5. The first-order valence-corrected chi connectivity index (χ1v) is 4.74. The molecule has 0 bridgehead atoms. The number of halogens is 1. The quantitative estimate of drug-likeness (QED) is 0.623. The maximum atomic E-state index is 5.86. The molecule has 2 aromatic rings. The molecule has 3 N–H and O–H groups in total. The van der Waals surface area contributed by atoms with Crippen molar-refractivity contribution in [2.75, 3.05) is 5.43 Å². The van der Waals surface area contributed by atoms with E-state index in [-0.39, 0.29) is 11.8 Å². The van der Waals surface area contributed by atoms with Crippen LogP contribution in [0.1, 0.15) is 0 Å². The minimum Gasteiger partial charge on any atom is -0.436 e. The van der Waals surface area contributed by atoms with E-state index in [0.29, 0.717) is 10.8 Å². The Kier molecular flexibility index (Phi) is 3.13. The average Bonchev–Trinajstić information content (AvgIpc) is 2.33. The van der Waals surface area contributed by atoms with Crippen LogP contribution >= 0.6 is 11.6 Å². The summed E-state index contributed by atoms with van der Waals surface area (Å²) in [5, 5.41) is 0.294. The van der Waals surface area contributed by atoms with Crippen LogP contribution in [0.3, 0.4) is 0 Å². The summed E-state index contributed by atoms with van der Waals surface area (Å²) in [6, 6.07) is 3.48. The Labute approximate surface area is 96.4 Å². The summed E-state index contributed by atoms with van der Waals surface area (Å²) in [6.07, 6.45) is 4.59. The largest absolute Gasteiger partial charge is 0.436 e. The molecule has 2 aromatic heterocycles. The molecular formula is C9H8ClN5O. The molecule has 0 saturated heterocycles. The molecule has 0 aromatic carbocycles. The van der Waals surface area contributed by atoms with Crippen LogP contribution in [0.4, 0.5) is 5.95 Å². The molecule has 0 atom stereocenters. The maximum absolute atomic E-state index is 5.86. The van der Waals surface area contributed by atoms with Crippen molar-refractivity contribution in [2.24, 2.45) is 5.84 Å². The lowest BCUT2D eigenvalue weighted by atomic mass is 10.5. The minimum absolute atomic E-state index is 0.220. The first-order valence-electron chi connectivity index (χ1n) is 4.36. The number of aromatic nitrogens is 3. The lowest BCUT2D eigenvalue weighted by Gasteiger charge is -2.06. The van der Waals surface area contributed by atoms with Crippen LogP contribution in [-0.4, -0.2) is 15.0 Å². The van der Waals surface area contributed by atoms with Crippen molar-refractivity contribution in [3.05, 3.63) is 35.7 Å². The fourth-order valence-corrected chi connectivity index (χ4v) is 1.14. The summed E-state index contributed by atoms with van der Waals surface area (Å²) in [6.45, 7) is 0. The summed E-state index contributed by atoms with van der Waals surface area (Å²) in [7, 11) is 0. The number of nitrogens with one attached hydrogen (secondary N) is 1. The molecule has 0 saturated carbocycles. The Morgan fingerprint density at radius 2 is 2.25 bits per heavy atom. The van der Waals surface area contributed by atoms with E-state index in [1.165, 1.54) is 6.20 Å². The first kappa shape index (κ1) is 10.6. The molecule has 0 spiro atoms. The average molecular weight is 238 g/mol. The highest BCUT2D eigenvalue weighted by Crippen LogP contribution is 2.26. The molecule has 0 amide bonds. The molecule has 0 aliphatic carbocycles. The summed E-state index contributed by atoms with van der Waals surface area (Å²) in [5.74, 6) is 6.15. The maximum Gasteiger partial charge on any atom is 0.243 e. The molecule has 0 radical (unpaired) electrons. The van der Waals surface area contributed by atoms with Gasteiger partial charge >= 0.3 is 0 Å². The summed E-state index contributed by atoms with van der Waals surface area (Å²) < 4.78 is 5.41. The monoisotopic (exact) mass is 237 g/mol. The number of nitrogens with two attached hydrogens (primary N) is 1. The summed E-state index contributed by atoms with van der Waals surface area (Å²) >= 11 is 5.86. The number of hydrogen-bond acceptors (Lipinski definition) is 6. The van der Waals surface area contributed by atoms with Crippen LogP contribution in [-0.2, 0) is 0 Å². The van der Waals surface area contributed by atoms with E-state index in [0.717, 1.165) is 0 Å². The van der Waals surface area contributed by atoms with Gasteiger partial charge in [0.2, 0.25) is 11.8 Å². The Bertz CT molecular complexity index is 479. The minimum atomic E-state index is 0.220. The lowest BCUT2D eigenvalue weighted by Crippen LogP contribution is -2.10. The van der Waals surface area contributed by atoms with Crippen molar-refractivity contribution < 1.29 is 4.74 Å². The number of anilines is 1. The third-order valence-corrected chi connectivity index (χ3v) is 1.95. The molecule has 16 heavy (non-hydrogen) atoms. The topological polar surface area (TPSA) is 86.0 Å². The molecule has 82 valence electrons. The van der Waals surface area contributed by atoms with Crippen molar-refractivity contribution in [2.45, 2.75) is 0 Å². The smallest absolute Gasteiger partial charge is 0.243 e. The number of nitrogen functional groups attached to an aromatic ring is 1. The lowest BCUT2D eigenvalue weighted by molar-refractivity contribution is 0.460. The number of nitrogens with zero attached hydrogens (tertiary/aromatic N) is 3. The van der Waals surface area contributed by atoms with Gasteiger partial charge in [0.05, 0.1) is 12.4 Å². The van der Waals surface area contributed by atoms with Gasteiger partial charge in [0.25, 0.3) is 0 Å². The van der Waals surface area contributed by atoms with Gasteiger partial charge in [-0.25, -0.2) is 10.8 Å². The number of ether oxygens (including phenoxy) is 1. The fourth-order valence-electron chi connectivity index (χ4n) is 1.01. The van der Waals surface area contributed by atoms with E-state index in [1.54, 1.807) is 24.5 Å². The highest BCUT2D eigenvalue weighted by molar-refractivity contribution is 6.31. The zero-order valence-electron chi connectivity index (χ0n) is 8.09. The van der Waals surface area contributed by atoms with E-state index in [2.05, 4.69) is 20.4 Å². The molecule has 0 fully saturated rings. The van der Waals surface area contributed by atoms with E-state index in [9.17, 15) is 0 Å². The van der Waals surface area contributed by atoms with Gasteiger partial charge in [0.15, 0.2) is 0 Å². The normalized spacial score (nSPS) is 9.88. The summed E-state index contributed by atoms with van der Waals surface area (Å²) in [4.78, 5) is 11.7. The third kappa shape index (κ3) is 2.36. The second-order valence-corrected chi connectivity index (χ2v) is 3.19. The molecular weight excluding hydrogens is 230 g/mol. The van der Waals surface area contributed by atoms with Crippen molar-refractivity contribution >= 4 is 17.5 Å². The van der Waals surface area contributed by atoms with Gasteiger partial charge in [-0.15, -0.1) is 0 Å². The molecule has 0 aliphatic heterocycles. The van der Waals surface area contributed by atoms with Gasteiger partial charge in [-0.3, -0.25) is 10.4 Å². The van der Waals surface area contributed by atoms with E-state index in [1.807, 2.05) is 0 Å². The SMILES string of the molecule is NNc1ncc(Cl)c(Oc2cccnc2)n1. The van der Waals surface area contributed by atoms with E-state index in [4.69, 9.17) is 22.2 Å². The number of hydrazine groups is 1. The zero-order chi connectivity index (χ0) is 11.4. The second kappa shape index (κ2) is 4.73. The van der Waals surface area contributed by atoms with Crippen LogP contribution in [0.25, 0.3) is 0 Å². The molecule has 0 aliphatic rings. The highest BCUT2D eigenvalue weighted by Gasteiger charge is 2.07. The van der Waals surface area contributed by atoms with Crippen molar-refractivity contribution in [3.8, 4) is 11.6 Å². The fraction of sp³-hybridized carbons (Fsp3) is 0. The van der Waals surface area contributed by atoms with Crippen LogP contribution in [0, 0.1) is 0 Å². The summed E-state index contributed by atoms with van der Waals surface area (Å²) in [5.41, 5.74) is 2.30. The van der Waals surface area contributed by atoms with Gasteiger partial charge < -0.3 is 4.74 Å². The molecule has 6 nitrogen and oxygen atoms in total. The van der Waals surface area contributed by atoms with Gasteiger partial charge in [-0.05, 0) is 12.1 Å². The van der Waals surface area contributed by atoms with Crippen molar-refractivity contribution in [1.29, 1.82) is 0 Å². The Balaban J connectivity index is 2.27. The van der Waals surface area contributed by atoms with Crippen LogP contribution in [0.2, 0.25) is 5.02 Å².